The normalized spacial score (nSPS) is 11.4. The number of furan rings is 1. The van der Waals surface area contributed by atoms with Crippen molar-refractivity contribution in [3.05, 3.63) is 115 Å². The Morgan fingerprint density at radius 3 is 2.03 bits per heavy atom. The topological polar surface area (TPSA) is 51.8 Å². The van der Waals surface area contributed by atoms with E-state index in [-0.39, 0.29) is 0 Å². The fraction of sp³-hybridized carbons (Fsp3) is 0. The van der Waals surface area contributed by atoms with Crippen molar-refractivity contribution < 1.29 is 4.42 Å². The first-order valence-electron chi connectivity index (χ1n) is 11.5. The smallest absolute Gasteiger partial charge is 0.164 e. The predicted octanol–water partition coefficient (Wildman–Crippen LogP) is 7.93. The van der Waals surface area contributed by atoms with Crippen LogP contribution in [-0.2, 0) is 0 Å². The highest BCUT2D eigenvalue weighted by Gasteiger charge is 2.17. The van der Waals surface area contributed by atoms with E-state index in [0.29, 0.717) is 17.5 Å². The third-order valence-electron chi connectivity index (χ3n) is 6.32. The molecule has 0 aliphatic rings. The average Bonchev–Trinajstić information content (AvgIpc) is 3.32. The molecule has 0 saturated carbocycles. The van der Waals surface area contributed by atoms with Gasteiger partial charge in [-0.2, -0.15) is 0 Å². The van der Waals surface area contributed by atoms with Crippen LogP contribution in [0, 0.1) is 0 Å². The molecule has 4 heteroatoms. The maximum atomic E-state index is 6.12. The fourth-order valence-electron chi connectivity index (χ4n) is 4.63. The molecule has 4 nitrogen and oxygen atoms in total. The molecule has 0 atom stereocenters. The van der Waals surface area contributed by atoms with Crippen molar-refractivity contribution in [2.75, 3.05) is 0 Å². The highest BCUT2D eigenvalue weighted by molar-refractivity contribution is 6.11. The first kappa shape index (κ1) is 19.6. The van der Waals surface area contributed by atoms with Gasteiger partial charge in [-0.15, -0.1) is 0 Å². The van der Waals surface area contributed by atoms with Gasteiger partial charge in [0.15, 0.2) is 17.5 Å². The molecule has 7 rings (SSSR count). The molecule has 0 aliphatic carbocycles. The van der Waals surface area contributed by atoms with Crippen LogP contribution in [0.5, 0.6) is 0 Å². The summed E-state index contributed by atoms with van der Waals surface area (Å²) in [4.78, 5) is 14.8. The zero-order chi connectivity index (χ0) is 23.2. The van der Waals surface area contributed by atoms with Gasteiger partial charge in [-0.25, -0.2) is 15.0 Å². The molecule has 0 unspecified atom stereocenters. The highest BCUT2D eigenvalue weighted by atomic mass is 16.3. The second-order valence-electron chi connectivity index (χ2n) is 8.51. The average molecular weight is 450 g/mol. The third kappa shape index (κ3) is 3.35. The van der Waals surface area contributed by atoms with Crippen LogP contribution < -0.4 is 0 Å². The molecule has 164 valence electrons. The van der Waals surface area contributed by atoms with Crippen molar-refractivity contribution in [3.63, 3.8) is 0 Å². The van der Waals surface area contributed by atoms with E-state index in [1.54, 1.807) is 0 Å². The fourth-order valence-corrected chi connectivity index (χ4v) is 4.63. The molecule has 0 radical (unpaired) electrons. The lowest BCUT2D eigenvalue weighted by atomic mass is 10.0. The van der Waals surface area contributed by atoms with Gasteiger partial charge in [0, 0.05) is 27.5 Å². The van der Waals surface area contributed by atoms with Crippen LogP contribution in [0.4, 0.5) is 0 Å². The molecular formula is C31H19N3O. The Balaban J connectivity index is 1.51. The maximum Gasteiger partial charge on any atom is 0.164 e. The predicted molar refractivity (Wildman–Crippen MR) is 141 cm³/mol. The van der Waals surface area contributed by atoms with E-state index < -0.39 is 0 Å². The molecule has 7 aromatic rings. The van der Waals surface area contributed by atoms with Crippen molar-refractivity contribution >= 4 is 32.7 Å². The van der Waals surface area contributed by atoms with Gasteiger partial charge < -0.3 is 4.42 Å². The van der Waals surface area contributed by atoms with Gasteiger partial charge in [-0.1, -0.05) is 97.1 Å². The van der Waals surface area contributed by atoms with E-state index in [4.69, 9.17) is 19.4 Å². The molecular weight excluding hydrogens is 430 g/mol. The molecule has 5 aromatic carbocycles. The van der Waals surface area contributed by atoms with Crippen LogP contribution in [0.2, 0.25) is 0 Å². The van der Waals surface area contributed by atoms with Crippen molar-refractivity contribution in [1.82, 2.24) is 15.0 Å². The number of hydrogen-bond donors (Lipinski definition) is 0. The summed E-state index contributed by atoms with van der Waals surface area (Å²) in [6.07, 6.45) is 0. The maximum absolute atomic E-state index is 6.12. The van der Waals surface area contributed by atoms with E-state index in [1.165, 1.54) is 5.39 Å². The second kappa shape index (κ2) is 7.89. The Kier molecular flexibility index (Phi) is 4.42. The molecule has 0 amide bonds. The Labute approximate surface area is 201 Å². The van der Waals surface area contributed by atoms with Crippen molar-refractivity contribution in [3.8, 4) is 34.2 Å². The number of hydrogen-bond acceptors (Lipinski definition) is 4. The molecule has 0 fully saturated rings. The van der Waals surface area contributed by atoms with Crippen LogP contribution in [0.25, 0.3) is 66.9 Å². The first-order chi connectivity index (χ1) is 17.3. The Morgan fingerprint density at radius 2 is 1.14 bits per heavy atom. The quantitative estimate of drug-likeness (QED) is 0.275. The van der Waals surface area contributed by atoms with Gasteiger partial charge in [0.05, 0.1) is 0 Å². The van der Waals surface area contributed by atoms with Gasteiger partial charge in [-0.3, -0.25) is 0 Å². The SMILES string of the molecule is c1ccc(-c2nc(-c3ccc4ccccc4c3)nc(-c3cccc4oc5ccccc5c34)n2)cc1. The van der Waals surface area contributed by atoms with Gasteiger partial charge in [-0.05, 0) is 29.0 Å². The van der Waals surface area contributed by atoms with Gasteiger partial charge in [0.25, 0.3) is 0 Å². The first-order valence-corrected chi connectivity index (χ1v) is 11.5. The minimum Gasteiger partial charge on any atom is -0.456 e. The molecule has 0 N–H and O–H groups in total. The lowest BCUT2D eigenvalue weighted by molar-refractivity contribution is 0.669. The Morgan fingerprint density at radius 1 is 0.457 bits per heavy atom. The van der Waals surface area contributed by atoms with Crippen molar-refractivity contribution in [1.29, 1.82) is 0 Å². The van der Waals surface area contributed by atoms with Crippen LogP contribution in [0.3, 0.4) is 0 Å². The number of nitrogens with zero attached hydrogens (tertiary/aromatic N) is 3. The van der Waals surface area contributed by atoms with Crippen LogP contribution in [0.15, 0.2) is 120 Å². The minimum atomic E-state index is 0.624. The van der Waals surface area contributed by atoms with E-state index >= 15 is 0 Å². The summed E-state index contributed by atoms with van der Waals surface area (Å²) in [5.74, 6) is 1.91. The van der Waals surface area contributed by atoms with Crippen molar-refractivity contribution in [2.45, 2.75) is 0 Å². The number of fused-ring (bicyclic) bond motifs is 4. The summed E-state index contributed by atoms with van der Waals surface area (Å²) >= 11 is 0. The van der Waals surface area contributed by atoms with Gasteiger partial charge in [0.2, 0.25) is 0 Å². The van der Waals surface area contributed by atoms with E-state index in [1.807, 2.05) is 72.8 Å². The van der Waals surface area contributed by atoms with Gasteiger partial charge in [0.1, 0.15) is 11.2 Å². The third-order valence-corrected chi connectivity index (χ3v) is 6.32. The van der Waals surface area contributed by atoms with Crippen LogP contribution >= 0.6 is 0 Å². The summed E-state index contributed by atoms with van der Waals surface area (Å²) in [5, 5.41) is 4.39. The summed E-state index contributed by atoms with van der Waals surface area (Å²) in [6, 6.07) is 38.8. The summed E-state index contributed by atoms with van der Waals surface area (Å²) in [5.41, 5.74) is 4.49. The largest absolute Gasteiger partial charge is 0.456 e. The number of para-hydroxylation sites is 1. The minimum absolute atomic E-state index is 0.624. The molecule has 0 aliphatic heterocycles. The van der Waals surface area contributed by atoms with E-state index in [0.717, 1.165) is 44.0 Å². The molecule has 0 spiro atoms. The zero-order valence-corrected chi connectivity index (χ0v) is 18.7. The molecule has 2 heterocycles. The van der Waals surface area contributed by atoms with Gasteiger partial charge >= 0.3 is 0 Å². The second-order valence-corrected chi connectivity index (χ2v) is 8.51. The van der Waals surface area contributed by atoms with E-state index in [2.05, 4.69) is 42.5 Å². The number of aromatic nitrogens is 3. The molecule has 2 aromatic heterocycles. The number of benzene rings is 5. The van der Waals surface area contributed by atoms with E-state index in [9.17, 15) is 0 Å². The van der Waals surface area contributed by atoms with Crippen LogP contribution in [0.1, 0.15) is 0 Å². The molecule has 0 saturated heterocycles. The zero-order valence-electron chi connectivity index (χ0n) is 18.7. The summed E-state index contributed by atoms with van der Waals surface area (Å²) in [7, 11) is 0. The highest BCUT2D eigenvalue weighted by Crippen LogP contribution is 2.36. The summed E-state index contributed by atoms with van der Waals surface area (Å²) < 4.78 is 6.12. The van der Waals surface area contributed by atoms with Crippen molar-refractivity contribution in [2.24, 2.45) is 0 Å². The molecule has 0 bridgehead atoms. The molecule has 35 heavy (non-hydrogen) atoms. The van der Waals surface area contributed by atoms with Crippen LogP contribution in [-0.4, -0.2) is 15.0 Å². The monoisotopic (exact) mass is 449 g/mol. The Bertz CT molecular complexity index is 1850. The summed E-state index contributed by atoms with van der Waals surface area (Å²) in [6.45, 7) is 0. The lowest BCUT2D eigenvalue weighted by Crippen LogP contribution is -2.00. The Hall–Kier alpha value is -4.83. The standard InChI is InChI=1S/C31H19N3O/c1-2-10-21(11-3-1)29-32-30(23-18-17-20-9-4-5-12-22(20)19-23)34-31(33-29)25-14-8-16-27-28(25)24-13-6-7-15-26(24)35-27/h1-19H. The lowest BCUT2D eigenvalue weighted by Gasteiger charge is -2.10. The number of rotatable bonds is 3.